The maximum Gasteiger partial charge on any atom is 0.306 e. The summed E-state index contributed by atoms with van der Waals surface area (Å²) in [6, 6.07) is 11.2. The molecule has 0 aliphatic heterocycles. The molecule has 1 aromatic carbocycles. The lowest BCUT2D eigenvalue weighted by molar-refractivity contribution is -0.145. The predicted molar refractivity (Wildman–Crippen MR) is 90.7 cm³/mol. The first-order chi connectivity index (χ1) is 11.1. The van der Waals surface area contributed by atoms with Crippen molar-refractivity contribution in [2.45, 2.75) is 19.4 Å². The molecule has 3 aromatic rings. The number of aromatic nitrogens is 2. The SMILES string of the molecule is O=C(CCc1c[nH]c2ccccc12)OCc1nc(Cl)ccc1Cl. The monoisotopic (exact) mass is 348 g/mol. The van der Waals surface area contributed by atoms with E-state index in [9.17, 15) is 4.79 Å². The highest BCUT2D eigenvalue weighted by Gasteiger charge is 2.10. The van der Waals surface area contributed by atoms with Crippen molar-refractivity contribution in [3.63, 3.8) is 0 Å². The van der Waals surface area contributed by atoms with E-state index in [0.717, 1.165) is 16.5 Å². The van der Waals surface area contributed by atoms with Gasteiger partial charge in [0.05, 0.1) is 10.7 Å². The summed E-state index contributed by atoms with van der Waals surface area (Å²) in [7, 11) is 0. The molecule has 4 nitrogen and oxygen atoms in total. The Balaban J connectivity index is 1.56. The van der Waals surface area contributed by atoms with Gasteiger partial charge in [0.1, 0.15) is 11.8 Å². The molecule has 0 saturated carbocycles. The number of esters is 1. The van der Waals surface area contributed by atoms with Crippen LogP contribution in [0.15, 0.2) is 42.6 Å². The summed E-state index contributed by atoms with van der Waals surface area (Å²) in [6.07, 6.45) is 2.83. The maximum absolute atomic E-state index is 11.9. The van der Waals surface area contributed by atoms with E-state index in [4.69, 9.17) is 27.9 Å². The molecule has 118 valence electrons. The fourth-order valence-corrected chi connectivity index (χ4v) is 2.68. The molecule has 0 aliphatic carbocycles. The van der Waals surface area contributed by atoms with Gasteiger partial charge in [0.15, 0.2) is 0 Å². The van der Waals surface area contributed by atoms with E-state index < -0.39 is 0 Å². The van der Waals surface area contributed by atoms with Crippen molar-refractivity contribution in [1.82, 2.24) is 9.97 Å². The van der Waals surface area contributed by atoms with Crippen molar-refractivity contribution in [2.24, 2.45) is 0 Å². The number of para-hydroxylation sites is 1. The lowest BCUT2D eigenvalue weighted by Gasteiger charge is -2.06. The van der Waals surface area contributed by atoms with E-state index >= 15 is 0 Å². The first kappa shape index (κ1) is 15.8. The lowest BCUT2D eigenvalue weighted by Crippen LogP contribution is -2.07. The highest BCUT2D eigenvalue weighted by Crippen LogP contribution is 2.20. The van der Waals surface area contributed by atoms with Crippen molar-refractivity contribution >= 4 is 40.1 Å². The molecule has 0 unspecified atom stereocenters. The van der Waals surface area contributed by atoms with Gasteiger partial charge in [0.2, 0.25) is 0 Å². The molecule has 6 heteroatoms. The molecule has 0 atom stereocenters. The molecule has 2 aromatic heterocycles. The van der Waals surface area contributed by atoms with Crippen LogP contribution in [0.2, 0.25) is 10.2 Å². The summed E-state index contributed by atoms with van der Waals surface area (Å²) in [6.45, 7) is 0.0200. The number of fused-ring (bicyclic) bond motifs is 1. The van der Waals surface area contributed by atoms with Crippen LogP contribution in [0, 0.1) is 0 Å². The Hall–Kier alpha value is -2.04. The van der Waals surface area contributed by atoms with Crippen LogP contribution < -0.4 is 0 Å². The van der Waals surface area contributed by atoms with Gasteiger partial charge in [-0.15, -0.1) is 0 Å². The van der Waals surface area contributed by atoms with Crippen LogP contribution in [-0.2, 0) is 22.6 Å². The topological polar surface area (TPSA) is 55.0 Å². The molecule has 0 aliphatic rings. The highest BCUT2D eigenvalue weighted by molar-refractivity contribution is 6.32. The molecule has 1 N–H and O–H groups in total. The Morgan fingerprint density at radius 1 is 1.17 bits per heavy atom. The van der Waals surface area contributed by atoms with Gasteiger partial charge in [-0.05, 0) is 30.2 Å². The minimum atomic E-state index is -0.298. The van der Waals surface area contributed by atoms with Crippen LogP contribution in [0.25, 0.3) is 10.9 Å². The first-order valence-corrected chi connectivity index (χ1v) is 7.90. The van der Waals surface area contributed by atoms with Gasteiger partial charge in [-0.1, -0.05) is 41.4 Å². The summed E-state index contributed by atoms with van der Waals surface area (Å²) < 4.78 is 5.22. The van der Waals surface area contributed by atoms with E-state index in [-0.39, 0.29) is 12.6 Å². The average Bonchev–Trinajstić information content (AvgIpc) is 2.97. The largest absolute Gasteiger partial charge is 0.459 e. The van der Waals surface area contributed by atoms with E-state index in [1.54, 1.807) is 12.1 Å². The van der Waals surface area contributed by atoms with Crippen molar-refractivity contribution in [2.75, 3.05) is 0 Å². The first-order valence-electron chi connectivity index (χ1n) is 7.15. The number of ether oxygens (including phenoxy) is 1. The standard InChI is InChI=1S/C17H14Cl2N2O2/c18-13-6-7-16(19)21-15(13)10-23-17(22)8-5-11-9-20-14-4-2-1-3-12(11)14/h1-4,6-7,9,20H,5,8,10H2. The minimum Gasteiger partial charge on any atom is -0.459 e. The molecule has 0 fully saturated rings. The number of carbonyl (C=O) groups excluding carboxylic acids is 1. The number of pyridine rings is 1. The second-order valence-corrected chi connectivity index (χ2v) is 5.88. The number of hydrogen-bond acceptors (Lipinski definition) is 3. The molecular formula is C17H14Cl2N2O2. The zero-order valence-corrected chi connectivity index (χ0v) is 13.7. The predicted octanol–water partition coefficient (Wildman–Crippen LogP) is 4.55. The van der Waals surface area contributed by atoms with Gasteiger partial charge in [-0.25, -0.2) is 4.98 Å². The molecule has 3 rings (SSSR count). The smallest absolute Gasteiger partial charge is 0.306 e. The van der Waals surface area contributed by atoms with Crippen molar-refractivity contribution in [1.29, 1.82) is 0 Å². The van der Waals surface area contributed by atoms with E-state index in [0.29, 0.717) is 28.7 Å². The molecule has 0 bridgehead atoms. The van der Waals surface area contributed by atoms with Gasteiger partial charge >= 0.3 is 5.97 Å². The quantitative estimate of drug-likeness (QED) is 0.543. The number of aryl methyl sites for hydroxylation is 1. The molecule has 0 amide bonds. The molecule has 0 spiro atoms. The molecule has 0 radical (unpaired) electrons. The fraction of sp³-hybridized carbons (Fsp3) is 0.176. The number of H-pyrrole nitrogens is 1. The number of carbonyl (C=O) groups is 1. The summed E-state index contributed by atoms with van der Waals surface area (Å²) >= 11 is 11.8. The summed E-state index contributed by atoms with van der Waals surface area (Å²) in [5.74, 6) is -0.298. The number of aromatic amines is 1. The molecule has 23 heavy (non-hydrogen) atoms. The Kier molecular flexibility index (Phi) is 4.84. The van der Waals surface area contributed by atoms with Gasteiger partial charge in [-0.3, -0.25) is 4.79 Å². The number of benzene rings is 1. The Morgan fingerprint density at radius 2 is 2.00 bits per heavy atom. The highest BCUT2D eigenvalue weighted by atomic mass is 35.5. The van der Waals surface area contributed by atoms with Crippen LogP contribution in [0.3, 0.4) is 0 Å². The van der Waals surface area contributed by atoms with E-state index in [1.807, 2.05) is 30.5 Å². The summed E-state index contributed by atoms with van der Waals surface area (Å²) in [5, 5.41) is 1.87. The third-order valence-corrected chi connectivity index (χ3v) is 4.08. The summed E-state index contributed by atoms with van der Waals surface area (Å²) in [5.41, 5.74) is 2.61. The average molecular weight is 349 g/mol. The fourth-order valence-electron chi connectivity index (χ4n) is 2.36. The van der Waals surface area contributed by atoms with Gasteiger partial charge in [-0.2, -0.15) is 0 Å². The van der Waals surface area contributed by atoms with Crippen LogP contribution in [0.5, 0.6) is 0 Å². The second-order valence-electron chi connectivity index (χ2n) is 5.08. The number of nitrogens with one attached hydrogen (secondary N) is 1. The number of halogens is 2. The Labute approximate surface area is 143 Å². The normalized spacial score (nSPS) is 10.9. The van der Waals surface area contributed by atoms with Crippen molar-refractivity contribution in [3.8, 4) is 0 Å². The number of nitrogens with zero attached hydrogens (tertiary/aromatic N) is 1. The third kappa shape index (κ3) is 3.84. The van der Waals surface area contributed by atoms with E-state index in [2.05, 4.69) is 9.97 Å². The number of hydrogen-bond donors (Lipinski definition) is 1. The zero-order valence-electron chi connectivity index (χ0n) is 12.2. The summed E-state index contributed by atoms with van der Waals surface area (Å²) in [4.78, 5) is 19.1. The Bertz CT molecular complexity index is 845. The van der Waals surface area contributed by atoms with Crippen LogP contribution >= 0.6 is 23.2 Å². The minimum absolute atomic E-state index is 0.0200. The molecule has 0 saturated heterocycles. The van der Waals surface area contributed by atoms with Gasteiger partial charge in [0.25, 0.3) is 0 Å². The number of rotatable bonds is 5. The lowest BCUT2D eigenvalue weighted by atomic mass is 10.1. The third-order valence-electron chi connectivity index (χ3n) is 3.53. The van der Waals surface area contributed by atoms with Gasteiger partial charge in [0, 0.05) is 23.5 Å². The molecule has 2 heterocycles. The Morgan fingerprint density at radius 3 is 2.87 bits per heavy atom. The van der Waals surface area contributed by atoms with Crippen LogP contribution in [0.1, 0.15) is 17.7 Å². The zero-order chi connectivity index (χ0) is 16.2. The van der Waals surface area contributed by atoms with Crippen molar-refractivity contribution < 1.29 is 9.53 Å². The van der Waals surface area contributed by atoms with Crippen molar-refractivity contribution in [3.05, 3.63) is 64.0 Å². The van der Waals surface area contributed by atoms with Crippen LogP contribution in [-0.4, -0.2) is 15.9 Å². The van der Waals surface area contributed by atoms with Gasteiger partial charge < -0.3 is 9.72 Å². The van der Waals surface area contributed by atoms with E-state index in [1.165, 1.54) is 0 Å². The second kappa shape index (κ2) is 7.02. The molecular weight excluding hydrogens is 335 g/mol. The van der Waals surface area contributed by atoms with Crippen LogP contribution in [0.4, 0.5) is 0 Å². The maximum atomic E-state index is 11.9.